The molecule has 2 heterocycles. The average Bonchev–Trinajstić information content (AvgIpc) is 3.15. The largest absolute Gasteiger partial charge is 0.342 e. The SMILES string of the molecule is CS(=O)(=O)OC[C@@H]1CO[C@@](Cn2cncn2)(c2ccc(Cl)cc2Cl)O1. The quantitative estimate of drug-likeness (QED) is 0.674. The molecule has 1 aliphatic heterocycles. The standard InChI is InChI=1S/C14H15Cl2N3O5S/c1-25(20,21)23-6-11-5-22-14(24-11,7-19-9-17-8-18-19)12-3-2-10(15)4-13(12)16/h2-4,8-9,11H,5-7H2,1H3/t11-,14+/m0/s1. The molecule has 0 bridgehead atoms. The lowest BCUT2D eigenvalue weighted by Crippen LogP contribution is -2.35. The molecule has 2 aromatic rings. The van der Waals surface area contributed by atoms with E-state index in [9.17, 15) is 8.42 Å². The number of ether oxygens (including phenoxy) is 2. The number of nitrogens with zero attached hydrogens (tertiary/aromatic N) is 3. The Bertz CT molecular complexity index is 846. The molecule has 0 amide bonds. The molecule has 8 nitrogen and oxygen atoms in total. The normalized spacial score (nSPS) is 23.9. The Balaban J connectivity index is 1.88. The van der Waals surface area contributed by atoms with Gasteiger partial charge in [-0.2, -0.15) is 13.5 Å². The molecule has 11 heteroatoms. The summed E-state index contributed by atoms with van der Waals surface area (Å²) in [6, 6.07) is 4.94. The third-order valence-corrected chi connectivity index (χ3v) is 4.62. The van der Waals surface area contributed by atoms with E-state index >= 15 is 0 Å². The highest BCUT2D eigenvalue weighted by molar-refractivity contribution is 7.85. The van der Waals surface area contributed by atoms with Crippen LogP contribution < -0.4 is 0 Å². The summed E-state index contributed by atoms with van der Waals surface area (Å²) in [6.45, 7) is 0.135. The van der Waals surface area contributed by atoms with Crippen molar-refractivity contribution in [2.75, 3.05) is 19.5 Å². The molecule has 3 rings (SSSR count). The Labute approximate surface area is 154 Å². The van der Waals surface area contributed by atoms with E-state index in [0.717, 1.165) is 6.26 Å². The van der Waals surface area contributed by atoms with Crippen molar-refractivity contribution in [2.45, 2.75) is 18.4 Å². The van der Waals surface area contributed by atoms with E-state index in [4.69, 9.17) is 36.9 Å². The molecule has 1 saturated heterocycles. The maximum atomic E-state index is 11.2. The molecule has 25 heavy (non-hydrogen) atoms. The second-order valence-corrected chi connectivity index (χ2v) is 8.00. The van der Waals surface area contributed by atoms with Crippen LogP contribution in [0.4, 0.5) is 0 Å². The topological polar surface area (TPSA) is 92.5 Å². The zero-order valence-electron chi connectivity index (χ0n) is 13.1. The zero-order chi connectivity index (χ0) is 18.1. The summed E-state index contributed by atoms with van der Waals surface area (Å²) in [4.78, 5) is 3.90. The molecule has 0 unspecified atom stereocenters. The van der Waals surface area contributed by atoms with Gasteiger partial charge in [0.2, 0.25) is 5.79 Å². The summed E-state index contributed by atoms with van der Waals surface area (Å²) in [6.07, 6.45) is 3.28. The number of rotatable bonds is 6. The predicted molar refractivity (Wildman–Crippen MR) is 89.8 cm³/mol. The van der Waals surface area contributed by atoms with Gasteiger partial charge in [0, 0.05) is 10.6 Å². The molecule has 1 aromatic heterocycles. The summed E-state index contributed by atoms with van der Waals surface area (Å²) in [5.41, 5.74) is 0.552. The van der Waals surface area contributed by atoms with Crippen molar-refractivity contribution < 1.29 is 22.1 Å². The van der Waals surface area contributed by atoms with Crippen molar-refractivity contribution in [3.8, 4) is 0 Å². The van der Waals surface area contributed by atoms with Gasteiger partial charge in [0.05, 0.1) is 24.5 Å². The summed E-state index contributed by atoms with van der Waals surface area (Å²) in [5, 5.41) is 4.89. The van der Waals surface area contributed by atoms with Gasteiger partial charge in [-0.1, -0.05) is 29.3 Å². The van der Waals surface area contributed by atoms with E-state index in [1.54, 1.807) is 18.2 Å². The highest BCUT2D eigenvalue weighted by Crippen LogP contribution is 2.40. The number of hydrogen-bond acceptors (Lipinski definition) is 7. The number of benzene rings is 1. The fraction of sp³-hybridized carbons (Fsp3) is 0.429. The van der Waals surface area contributed by atoms with Gasteiger partial charge >= 0.3 is 0 Å². The van der Waals surface area contributed by atoms with Crippen molar-refractivity contribution in [1.29, 1.82) is 0 Å². The molecule has 1 aromatic carbocycles. The van der Waals surface area contributed by atoms with Crippen LogP contribution in [-0.2, 0) is 36.1 Å². The molecule has 136 valence electrons. The van der Waals surface area contributed by atoms with Crippen molar-refractivity contribution >= 4 is 33.3 Å². The summed E-state index contributed by atoms with van der Waals surface area (Å²) >= 11 is 12.3. The van der Waals surface area contributed by atoms with Crippen LogP contribution in [0.15, 0.2) is 30.9 Å². The van der Waals surface area contributed by atoms with Gasteiger partial charge in [0.15, 0.2) is 0 Å². The van der Waals surface area contributed by atoms with E-state index in [-0.39, 0.29) is 19.8 Å². The number of halogens is 2. The van der Waals surface area contributed by atoms with Crippen LogP contribution in [-0.4, -0.2) is 48.8 Å². The third-order valence-electron chi connectivity index (χ3n) is 3.51. The van der Waals surface area contributed by atoms with Crippen molar-refractivity contribution in [3.05, 3.63) is 46.5 Å². The highest BCUT2D eigenvalue weighted by atomic mass is 35.5. The molecule has 0 spiro atoms. The lowest BCUT2D eigenvalue weighted by atomic mass is 10.1. The molecule has 1 aliphatic rings. The number of hydrogen-bond donors (Lipinski definition) is 0. The Morgan fingerprint density at radius 3 is 2.88 bits per heavy atom. The average molecular weight is 408 g/mol. The minimum Gasteiger partial charge on any atom is -0.342 e. The van der Waals surface area contributed by atoms with Gasteiger partial charge in [-0.3, -0.25) is 4.18 Å². The van der Waals surface area contributed by atoms with Crippen molar-refractivity contribution in [2.24, 2.45) is 0 Å². The first-order chi connectivity index (χ1) is 11.8. The summed E-state index contributed by atoms with van der Waals surface area (Å²) in [5.74, 6) is -1.26. The fourth-order valence-electron chi connectivity index (χ4n) is 2.48. The van der Waals surface area contributed by atoms with E-state index in [0.29, 0.717) is 15.6 Å². The lowest BCUT2D eigenvalue weighted by Gasteiger charge is -2.29. The summed E-state index contributed by atoms with van der Waals surface area (Å²) in [7, 11) is -3.58. The molecule has 0 aliphatic carbocycles. The fourth-order valence-corrected chi connectivity index (χ4v) is 3.43. The maximum Gasteiger partial charge on any atom is 0.264 e. The highest BCUT2D eigenvalue weighted by Gasteiger charge is 2.45. The first kappa shape index (κ1) is 18.6. The molecule has 2 atom stereocenters. The first-order valence-electron chi connectivity index (χ1n) is 7.21. The molecule has 0 N–H and O–H groups in total. The minimum atomic E-state index is -3.58. The predicted octanol–water partition coefficient (Wildman–Crippen LogP) is 1.83. The maximum absolute atomic E-state index is 11.2. The van der Waals surface area contributed by atoms with Gasteiger partial charge in [-0.15, -0.1) is 0 Å². The Hall–Kier alpha value is -1.23. The Morgan fingerprint density at radius 1 is 1.44 bits per heavy atom. The lowest BCUT2D eigenvalue weighted by molar-refractivity contribution is -0.190. The summed E-state index contributed by atoms with van der Waals surface area (Å²) < 4.78 is 40.6. The number of aromatic nitrogens is 3. The van der Waals surface area contributed by atoms with Crippen LogP contribution in [0.5, 0.6) is 0 Å². The van der Waals surface area contributed by atoms with Gasteiger partial charge in [-0.05, 0) is 12.1 Å². The van der Waals surface area contributed by atoms with Gasteiger partial charge in [0.25, 0.3) is 10.1 Å². The van der Waals surface area contributed by atoms with Crippen LogP contribution >= 0.6 is 23.2 Å². The van der Waals surface area contributed by atoms with E-state index in [1.165, 1.54) is 17.3 Å². The van der Waals surface area contributed by atoms with Gasteiger partial charge < -0.3 is 9.47 Å². The van der Waals surface area contributed by atoms with Crippen LogP contribution in [0.3, 0.4) is 0 Å². The van der Waals surface area contributed by atoms with E-state index in [2.05, 4.69) is 10.1 Å². The van der Waals surface area contributed by atoms with Crippen LogP contribution in [0, 0.1) is 0 Å². The minimum absolute atomic E-state index is 0.128. The van der Waals surface area contributed by atoms with E-state index in [1.807, 2.05) is 0 Å². The molecule has 0 radical (unpaired) electrons. The van der Waals surface area contributed by atoms with Crippen molar-refractivity contribution in [1.82, 2.24) is 14.8 Å². The molecular formula is C14H15Cl2N3O5S. The zero-order valence-corrected chi connectivity index (χ0v) is 15.5. The smallest absolute Gasteiger partial charge is 0.264 e. The van der Waals surface area contributed by atoms with Gasteiger partial charge in [-0.25, -0.2) is 9.67 Å². The monoisotopic (exact) mass is 407 g/mol. The second-order valence-electron chi connectivity index (χ2n) is 5.51. The van der Waals surface area contributed by atoms with Crippen molar-refractivity contribution in [3.63, 3.8) is 0 Å². The van der Waals surface area contributed by atoms with E-state index < -0.39 is 22.0 Å². The molecule has 0 saturated carbocycles. The van der Waals surface area contributed by atoms with Crippen LogP contribution in [0.1, 0.15) is 5.56 Å². The first-order valence-corrected chi connectivity index (χ1v) is 9.79. The van der Waals surface area contributed by atoms with Crippen LogP contribution in [0.2, 0.25) is 10.0 Å². The Morgan fingerprint density at radius 2 is 2.24 bits per heavy atom. The van der Waals surface area contributed by atoms with Gasteiger partial charge in [0.1, 0.15) is 25.3 Å². The second kappa shape index (κ2) is 7.18. The van der Waals surface area contributed by atoms with Crippen LogP contribution in [0.25, 0.3) is 0 Å². The Kier molecular flexibility index (Phi) is 5.33. The molecular weight excluding hydrogens is 393 g/mol. The molecule has 1 fully saturated rings. The third kappa shape index (κ3) is 4.49.